The van der Waals surface area contributed by atoms with Gasteiger partial charge in [-0.1, -0.05) is 39.6 Å². The molecule has 1 N–H and O–H groups in total. The number of aryl methyl sites for hydroxylation is 2. The Labute approximate surface area is 231 Å². The van der Waals surface area contributed by atoms with Crippen LogP contribution in [0.1, 0.15) is 28.2 Å². The summed E-state index contributed by atoms with van der Waals surface area (Å²) in [5.41, 5.74) is 1.60. The second kappa shape index (κ2) is 10.1. The number of rotatable bonds is 7. The summed E-state index contributed by atoms with van der Waals surface area (Å²) in [6.07, 6.45) is 2.74. The third kappa shape index (κ3) is 4.98. The van der Waals surface area contributed by atoms with E-state index >= 15 is 0 Å². The predicted octanol–water partition coefficient (Wildman–Crippen LogP) is 5.13. The second-order valence-corrected chi connectivity index (χ2v) is 10.6. The number of aromatic nitrogens is 4. The van der Waals surface area contributed by atoms with Gasteiger partial charge < -0.3 is 19.3 Å². The molecule has 3 heterocycles. The second-order valence-electron chi connectivity index (χ2n) is 8.92. The number of likely N-dealkylation sites (tertiary alicyclic amines) is 1. The molecule has 1 saturated heterocycles. The number of hydrogen-bond acceptors (Lipinski definition) is 7. The Balaban J connectivity index is 1.26. The molecule has 1 aliphatic heterocycles. The summed E-state index contributed by atoms with van der Waals surface area (Å²) in [4.78, 5) is 14.9. The highest BCUT2D eigenvalue weighted by Gasteiger charge is 2.45. The monoisotopic (exact) mass is 605 g/mol. The minimum absolute atomic E-state index is 0.174. The Kier molecular flexibility index (Phi) is 7.01. The van der Waals surface area contributed by atoms with E-state index in [1.54, 1.807) is 40.8 Å². The first kappa shape index (κ1) is 25.7. The fourth-order valence-corrected chi connectivity index (χ4v) is 5.09. The highest BCUT2D eigenvalue weighted by Crippen LogP contribution is 2.39. The molecule has 0 aliphatic carbocycles. The van der Waals surface area contributed by atoms with Gasteiger partial charge in [-0.05, 0) is 66.0 Å². The first-order valence-corrected chi connectivity index (χ1v) is 12.9. The van der Waals surface area contributed by atoms with Gasteiger partial charge in [0.1, 0.15) is 28.4 Å². The number of ether oxygens (including phenoxy) is 1. The molecule has 0 radical (unpaired) electrons. The molecule has 2 aromatic heterocycles. The standard InChI is InChI=1S/C25H22BrCl2N5O4/c1-14-21(23(30-37-14)22-19(28)4-3-5-20(22)36-2)24(34)32-12-25(35,13-32)9-8-15-11-33(31-29-15)16-6-7-18(27)17(26)10-16/h3-7,10-11,35H,8-9,12-13H2,1-2H3. The third-order valence-electron chi connectivity index (χ3n) is 6.32. The van der Waals surface area contributed by atoms with Crippen molar-refractivity contribution in [2.75, 3.05) is 20.2 Å². The van der Waals surface area contributed by atoms with Crippen LogP contribution in [-0.2, 0) is 6.42 Å². The molecule has 0 unspecified atom stereocenters. The highest BCUT2D eigenvalue weighted by atomic mass is 79.9. The molecule has 12 heteroatoms. The van der Waals surface area contributed by atoms with Crippen molar-refractivity contribution in [3.63, 3.8) is 0 Å². The molecule has 192 valence electrons. The Hall–Kier alpha value is -2.92. The van der Waals surface area contributed by atoms with Crippen LogP contribution in [0.2, 0.25) is 10.0 Å². The zero-order chi connectivity index (χ0) is 26.3. The quantitative estimate of drug-likeness (QED) is 0.311. The number of hydrogen-bond donors (Lipinski definition) is 1. The van der Waals surface area contributed by atoms with Crippen molar-refractivity contribution in [3.05, 3.63) is 74.1 Å². The van der Waals surface area contributed by atoms with Crippen molar-refractivity contribution in [2.24, 2.45) is 0 Å². The number of benzene rings is 2. The number of aliphatic hydroxyl groups is 1. The molecule has 1 aliphatic rings. The van der Waals surface area contributed by atoms with Crippen molar-refractivity contribution < 1.29 is 19.2 Å². The summed E-state index contributed by atoms with van der Waals surface area (Å²) in [7, 11) is 1.52. The van der Waals surface area contributed by atoms with E-state index in [1.807, 2.05) is 18.3 Å². The number of carbonyl (C=O) groups excluding carboxylic acids is 1. The van der Waals surface area contributed by atoms with Crippen LogP contribution in [0.4, 0.5) is 0 Å². The van der Waals surface area contributed by atoms with E-state index in [4.69, 9.17) is 32.5 Å². The van der Waals surface area contributed by atoms with Crippen LogP contribution in [0.25, 0.3) is 16.9 Å². The minimum Gasteiger partial charge on any atom is -0.496 e. The van der Waals surface area contributed by atoms with Crippen LogP contribution in [0.5, 0.6) is 5.75 Å². The van der Waals surface area contributed by atoms with Crippen LogP contribution < -0.4 is 4.74 Å². The van der Waals surface area contributed by atoms with Crippen LogP contribution >= 0.6 is 39.1 Å². The predicted molar refractivity (Wildman–Crippen MR) is 141 cm³/mol. The molecule has 0 atom stereocenters. The SMILES string of the molecule is COc1cccc(Cl)c1-c1noc(C)c1C(=O)N1CC(O)(CCc2cn(-c3ccc(Cl)c(Br)c3)nn2)C1. The van der Waals surface area contributed by atoms with Gasteiger partial charge in [-0.3, -0.25) is 4.79 Å². The summed E-state index contributed by atoms with van der Waals surface area (Å²) in [5, 5.41) is 24.5. The summed E-state index contributed by atoms with van der Waals surface area (Å²) in [6.45, 7) is 2.02. The number of nitrogens with zero attached hydrogens (tertiary/aromatic N) is 5. The highest BCUT2D eigenvalue weighted by molar-refractivity contribution is 9.10. The van der Waals surface area contributed by atoms with E-state index in [0.717, 1.165) is 15.9 Å². The topological polar surface area (TPSA) is 107 Å². The molecule has 9 nitrogen and oxygen atoms in total. The zero-order valence-corrected chi connectivity index (χ0v) is 23.0. The van der Waals surface area contributed by atoms with Crippen LogP contribution in [0.15, 0.2) is 51.6 Å². The number of carbonyl (C=O) groups is 1. The lowest BCUT2D eigenvalue weighted by Gasteiger charge is -2.46. The molecule has 37 heavy (non-hydrogen) atoms. The first-order chi connectivity index (χ1) is 17.7. The largest absolute Gasteiger partial charge is 0.496 e. The molecule has 4 aromatic rings. The third-order valence-corrected chi connectivity index (χ3v) is 7.85. The number of methoxy groups -OCH3 is 1. The van der Waals surface area contributed by atoms with E-state index in [-0.39, 0.29) is 19.0 Å². The van der Waals surface area contributed by atoms with Crippen molar-refractivity contribution in [2.45, 2.75) is 25.4 Å². The Morgan fingerprint density at radius 2 is 2.03 bits per heavy atom. The molecule has 5 rings (SSSR count). The molecule has 0 saturated carbocycles. The summed E-state index contributed by atoms with van der Waals surface area (Å²) in [6, 6.07) is 10.7. The normalized spacial score (nSPS) is 14.5. The fourth-order valence-electron chi connectivity index (χ4n) is 4.35. The maximum Gasteiger partial charge on any atom is 0.259 e. The molecule has 2 aromatic carbocycles. The van der Waals surface area contributed by atoms with E-state index in [1.165, 1.54) is 7.11 Å². The molecular formula is C25H22BrCl2N5O4. The Bertz CT molecular complexity index is 1480. The van der Waals surface area contributed by atoms with Crippen molar-refractivity contribution >= 4 is 45.0 Å². The summed E-state index contributed by atoms with van der Waals surface area (Å²) < 4.78 is 13.2. The van der Waals surface area contributed by atoms with E-state index in [0.29, 0.717) is 51.2 Å². The van der Waals surface area contributed by atoms with E-state index in [2.05, 4.69) is 31.4 Å². The average Bonchev–Trinajstić information content (AvgIpc) is 3.49. The van der Waals surface area contributed by atoms with Crippen LogP contribution in [0, 0.1) is 6.92 Å². The first-order valence-electron chi connectivity index (χ1n) is 11.4. The zero-order valence-electron chi connectivity index (χ0n) is 19.9. The van der Waals surface area contributed by atoms with Gasteiger partial charge in [-0.25, -0.2) is 4.68 Å². The van der Waals surface area contributed by atoms with E-state index < -0.39 is 5.60 Å². The van der Waals surface area contributed by atoms with Gasteiger partial charge in [-0.2, -0.15) is 0 Å². The Morgan fingerprint density at radius 3 is 2.76 bits per heavy atom. The smallest absolute Gasteiger partial charge is 0.259 e. The molecular weight excluding hydrogens is 585 g/mol. The van der Waals surface area contributed by atoms with Gasteiger partial charge in [0.15, 0.2) is 0 Å². The van der Waals surface area contributed by atoms with Gasteiger partial charge in [0.2, 0.25) is 0 Å². The van der Waals surface area contributed by atoms with Gasteiger partial charge in [-0.15, -0.1) is 5.10 Å². The fraction of sp³-hybridized carbons (Fsp3) is 0.280. The molecule has 0 bridgehead atoms. The lowest BCUT2D eigenvalue weighted by atomic mass is 9.87. The number of amides is 1. The van der Waals surface area contributed by atoms with Crippen molar-refractivity contribution in [1.29, 1.82) is 0 Å². The van der Waals surface area contributed by atoms with Crippen molar-refractivity contribution in [1.82, 2.24) is 25.1 Å². The maximum atomic E-state index is 13.4. The lowest BCUT2D eigenvalue weighted by Crippen LogP contribution is -2.63. The van der Waals surface area contributed by atoms with Gasteiger partial charge in [0.05, 0.1) is 53.4 Å². The Morgan fingerprint density at radius 1 is 1.24 bits per heavy atom. The molecule has 0 spiro atoms. The number of halogens is 3. The van der Waals surface area contributed by atoms with Gasteiger partial charge in [0.25, 0.3) is 5.91 Å². The van der Waals surface area contributed by atoms with Gasteiger partial charge >= 0.3 is 0 Å². The minimum atomic E-state index is -1.03. The maximum absolute atomic E-state index is 13.4. The van der Waals surface area contributed by atoms with E-state index in [9.17, 15) is 9.90 Å². The van der Waals surface area contributed by atoms with Crippen LogP contribution in [0.3, 0.4) is 0 Å². The number of β-amino-alcohol motifs (C(OH)–C–C–N with tert-alkyl or cyclic N) is 1. The summed E-state index contributed by atoms with van der Waals surface area (Å²) >= 11 is 15.9. The van der Waals surface area contributed by atoms with Gasteiger partial charge in [0, 0.05) is 4.47 Å². The van der Waals surface area contributed by atoms with Crippen molar-refractivity contribution in [3.8, 4) is 22.7 Å². The summed E-state index contributed by atoms with van der Waals surface area (Å²) in [5.74, 6) is 0.552. The molecule has 1 amide bonds. The molecule has 1 fully saturated rings. The van der Waals surface area contributed by atoms with Crippen LogP contribution in [-0.4, -0.2) is 61.9 Å². The lowest BCUT2D eigenvalue weighted by molar-refractivity contribution is -0.0855. The average molecular weight is 607 g/mol.